The zero-order valence-electron chi connectivity index (χ0n) is 14.4. The molecule has 0 aromatic heterocycles. The van der Waals surface area contributed by atoms with E-state index in [1.54, 1.807) is 12.1 Å². The summed E-state index contributed by atoms with van der Waals surface area (Å²) in [6, 6.07) is 7.65. The van der Waals surface area contributed by atoms with E-state index in [1.165, 1.54) is 0 Å². The summed E-state index contributed by atoms with van der Waals surface area (Å²) in [6.45, 7) is 10.5. The number of benzene rings is 1. The van der Waals surface area contributed by atoms with Crippen LogP contribution in [0.3, 0.4) is 0 Å². The number of hydrogen-bond donors (Lipinski definition) is 3. The van der Waals surface area contributed by atoms with E-state index in [1.807, 2.05) is 18.2 Å². The van der Waals surface area contributed by atoms with Crippen molar-refractivity contribution in [2.45, 2.75) is 32.4 Å². The Kier molecular flexibility index (Phi) is 9.78. The van der Waals surface area contributed by atoms with Gasteiger partial charge in [-0.15, -0.1) is 30.6 Å². The zero-order chi connectivity index (χ0) is 16.5. The van der Waals surface area contributed by atoms with Crippen molar-refractivity contribution in [2.24, 2.45) is 4.99 Å². The Morgan fingerprint density at radius 3 is 2.58 bits per heavy atom. The van der Waals surface area contributed by atoms with Crippen molar-refractivity contribution < 1.29 is 5.11 Å². The molecule has 0 saturated carbocycles. The van der Waals surface area contributed by atoms with Crippen molar-refractivity contribution in [3.8, 4) is 5.75 Å². The van der Waals surface area contributed by atoms with Crippen LogP contribution >= 0.6 is 24.0 Å². The van der Waals surface area contributed by atoms with Gasteiger partial charge in [-0.05, 0) is 37.5 Å². The number of nitrogens with one attached hydrogen (secondary N) is 2. The second-order valence-electron chi connectivity index (χ2n) is 5.87. The van der Waals surface area contributed by atoms with Crippen LogP contribution in [0.15, 0.2) is 41.9 Å². The van der Waals surface area contributed by atoms with Crippen molar-refractivity contribution in [1.82, 2.24) is 15.5 Å². The van der Waals surface area contributed by atoms with Gasteiger partial charge >= 0.3 is 0 Å². The number of nitrogens with zero attached hydrogens (tertiary/aromatic N) is 2. The molecule has 0 spiro atoms. The lowest BCUT2D eigenvalue weighted by atomic mass is 10.1. The van der Waals surface area contributed by atoms with Gasteiger partial charge in [0.1, 0.15) is 5.75 Å². The summed E-state index contributed by atoms with van der Waals surface area (Å²) in [5.41, 5.74) is 1.08. The molecule has 1 fully saturated rings. The van der Waals surface area contributed by atoms with Crippen LogP contribution in [0, 0.1) is 0 Å². The topological polar surface area (TPSA) is 59.9 Å². The van der Waals surface area contributed by atoms with E-state index in [0.717, 1.165) is 50.5 Å². The third kappa shape index (κ3) is 7.09. The summed E-state index contributed by atoms with van der Waals surface area (Å²) >= 11 is 0. The molecule has 1 aromatic carbocycles. The smallest absolute Gasteiger partial charge is 0.191 e. The standard InChI is InChI=1S/C18H28N4O.HI/c1-3-11-22-12-9-16(10-13-22)21-18(19-4-2)20-14-15-5-7-17(23)8-6-15;/h3,5-8,16,23H,1,4,9-14H2,2H3,(H2,19,20,21);1H. The number of phenols is 1. The van der Waals surface area contributed by atoms with Gasteiger partial charge in [0.25, 0.3) is 0 Å². The van der Waals surface area contributed by atoms with E-state index in [2.05, 4.69) is 34.0 Å². The highest BCUT2D eigenvalue weighted by atomic mass is 127. The monoisotopic (exact) mass is 444 g/mol. The normalized spacial score (nSPS) is 16.3. The fraction of sp³-hybridized carbons (Fsp3) is 0.500. The minimum absolute atomic E-state index is 0. The maximum absolute atomic E-state index is 9.32. The number of phenolic OH excluding ortho intramolecular Hbond substituents is 1. The summed E-state index contributed by atoms with van der Waals surface area (Å²) in [5, 5.41) is 16.2. The molecule has 134 valence electrons. The Labute approximate surface area is 162 Å². The molecule has 1 saturated heterocycles. The molecule has 0 radical (unpaired) electrons. The van der Waals surface area contributed by atoms with Crippen LogP contribution in [-0.2, 0) is 6.54 Å². The second kappa shape index (κ2) is 11.3. The number of likely N-dealkylation sites (tertiary alicyclic amines) is 1. The van der Waals surface area contributed by atoms with Gasteiger partial charge in [0.15, 0.2) is 5.96 Å². The first-order valence-electron chi connectivity index (χ1n) is 8.37. The number of halogens is 1. The van der Waals surface area contributed by atoms with E-state index in [4.69, 9.17) is 0 Å². The molecule has 2 rings (SSSR count). The van der Waals surface area contributed by atoms with Crippen molar-refractivity contribution in [3.05, 3.63) is 42.5 Å². The Bertz CT molecular complexity index is 510. The van der Waals surface area contributed by atoms with Crippen LogP contribution in [0.1, 0.15) is 25.3 Å². The first kappa shape index (κ1) is 20.8. The predicted molar refractivity (Wildman–Crippen MR) is 111 cm³/mol. The van der Waals surface area contributed by atoms with Gasteiger partial charge in [-0.1, -0.05) is 18.2 Å². The van der Waals surface area contributed by atoms with Crippen LogP contribution in [-0.4, -0.2) is 48.2 Å². The predicted octanol–water partition coefficient (Wildman–Crippen LogP) is 2.72. The molecule has 24 heavy (non-hydrogen) atoms. The molecule has 3 N–H and O–H groups in total. The van der Waals surface area contributed by atoms with E-state index in [0.29, 0.717) is 12.6 Å². The quantitative estimate of drug-likeness (QED) is 0.273. The molecule has 1 heterocycles. The summed E-state index contributed by atoms with van der Waals surface area (Å²) in [7, 11) is 0. The van der Waals surface area contributed by atoms with E-state index in [9.17, 15) is 5.11 Å². The molecular weight excluding hydrogens is 415 g/mol. The third-order valence-electron chi connectivity index (χ3n) is 4.02. The molecular formula is C18H29IN4O. The van der Waals surface area contributed by atoms with Crippen LogP contribution in [0.5, 0.6) is 5.75 Å². The van der Waals surface area contributed by atoms with Crippen LogP contribution in [0.4, 0.5) is 0 Å². The van der Waals surface area contributed by atoms with Gasteiger partial charge in [-0.25, -0.2) is 4.99 Å². The Hall–Kier alpha value is -1.28. The summed E-state index contributed by atoms with van der Waals surface area (Å²) < 4.78 is 0. The van der Waals surface area contributed by atoms with Gasteiger partial charge in [-0.2, -0.15) is 0 Å². The third-order valence-corrected chi connectivity index (χ3v) is 4.02. The first-order valence-corrected chi connectivity index (χ1v) is 8.37. The summed E-state index contributed by atoms with van der Waals surface area (Å²) in [6.07, 6.45) is 4.21. The molecule has 1 aromatic rings. The largest absolute Gasteiger partial charge is 0.508 e. The molecule has 5 nitrogen and oxygen atoms in total. The second-order valence-corrected chi connectivity index (χ2v) is 5.87. The van der Waals surface area contributed by atoms with Gasteiger partial charge in [0, 0.05) is 32.2 Å². The molecule has 0 bridgehead atoms. The van der Waals surface area contributed by atoms with Gasteiger partial charge in [-0.3, -0.25) is 4.90 Å². The van der Waals surface area contributed by atoms with E-state index in [-0.39, 0.29) is 29.7 Å². The van der Waals surface area contributed by atoms with Crippen molar-refractivity contribution in [2.75, 3.05) is 26.2 Å². The van der Waals surface area contributed by atoms with Crippen molar-refractivity contribution in [3.63, 3.8) is 0 Å². The number of aliphatic imine (C=N–C) groups is 1. The Morgan fingerprint density at radius 1 is 1.33 bits per heavy atom. The maximum Gasteiger partial charge on any atom is 0.191 e. The summed E-state index contributed by atoms with van der Waals surface area (Å²) in [4.78, 5) is 7.07. The average molecular weight is 444 g/mol. The average Bonchev–Trinajstić information content (AvgIpc) is 2.56. The zero-order valence-corrected chi connectivity index (χ0v) is 16.7. The molecule has 0 unspecified atom stereocenters. The van der Waals surface area contributed by atoms with Gasteiger partial charge < -0.3 is 15.7 Å². The van der Waals surface area contributed by atoms with Crippen molar-refractivity contribution >= 4 is 29.9 Å². The van der Waals surface area contributed by atoms with Crippen LogP contribution in [0.25, 0.3) is 0 Å². The van der Waals surface area contributed by atoms with E-state index < -0.39 is 0 Å². The first-order chi connectivity index (χ1) is 11.2. The lowest BCUT2D eigenvalue weighted by molar-refractivity contribution is 0.225. The SMILES string of the molecule is C=CCN1CCC(NC(=NCc2ccc(O)cc2)NCC)CC1.I. The molecule has 1 aliphatic rings. The van der Waals surface area contributed by atoms with Crippen LogP contribution in [0.2, 0.25) is 0 Å². The number of rotatable bonds is 6. The van der Waals surface area contributed by atoms with Gasteiger partial charge in [0.05, 0.1) is 6.54 Å². The van der Waals surface area contributed by atoms with Gasteiger partial charge in [0.2, 0.25) is 0 Å². The molecule has 1 aliphatic heterocycles. The highest BCUT2D eigenvalue weighted by molar-refractivity contribution is 14.0. The Balaban J connectivity index is 0.00000288. The number of guanidine groups is 1. The Morgan fingerprint density at radius 2 is 2.00 bits per heavy atom. The maximum atomic E-state index is 9.32. The lowest BCUT2D eigenvalue weighted by Crippen LogP contribution is -2.48. The number of piperidine rings is 1. The number of aromatic hydroxyl groups is 1. The fourth-order valence-corrected chi connectivity index (χ4v) is 2.73. The number of hydrogen-bond acceptors (Lipinski definition) is 3. The van der Waals surface area contributed by atoms with Crippen LogP contribution < -0.4 is 10.6 Å². The highest BCUT2D eigenvalue weighted by Crippen LogP contribution is 2.11. The van der Waals surface area contributed by atoms with E-state index >= 15 is 0 Å². The molecule has 6 heteroatoms. The minimum Gasteiger partial charge on any atom is -0.508 e. The minimum atomic E-state index is 0. The molecule has 0 aliphatic carbocycles. The van der Waals surface area contributed by atoms with Crippen molar-refractivity contribution in [1.29, 1.82) is 0 Å². The lowest BCUT2D eigenvalue weighted by Gasteiger charge is -2.32. The molecule has 0 atom stereocenters. The fourth-order valence-electron chi connectivity index (χ4n) is 2.73. The highest BCUT2D eigenvalue weighted by Gasteiger charge is 2.18. The summed E-state index contributed by atoms with van der Waals surface area (Å²) in [5.74, 6) is 1.15. The molecule has 0 amide bonds.